The fraction of sp³-hybridized carbons (Fsp3) is 0.188. The third-order valence-electron chi connectivity index (χ3n) is 2.58. The van der Waals surface area contributed by atoms with Crippen molar-refractivity contribution in [3.05, 3.63) is 54.6 Å². The molecule has 2 N–H and O–H groups in total. The number of hydrogen-bond donors (Lipinski definition) is 2. The summed E-state index contributed by atoms with van der Waals surface area (Å²) in [5.74, 6) is -1.26. The molecule has 0 saturated heterocycles. The first kappa shape index (κ1) is 17.5. The van der Waals surface area contributed by atoms with Crippen molar-refractivity contribution in [2.45, 2.75) is 0 Å². The number of nitriles is 1. The molecule has 5 nitrogen and oxygen atoms in total. The molecule has 1 atom stereocenters. The van der Waals surface area contributed by atoms with Crippen LogP contribution in [-0.4, -0.2) is 24.8 Å². The van der Waals surface area contributed by atoms with E-state index < -0.39 is 11.8 Å². The Morgan fingerprint density at radius 1 is 1.45 bits per heavy atom. The minimum Gasteiger partial charge on any atom is -0.369 e. The summed E-state index contributed by atoms with van der Waals surface area (Å²) in [6.07, 6.45) is 3.20. The highest BCUT2D eigenvalue weighted by molar-refractivity contribution is 6.31. The topological polar surface area (TPSA) is 77.3 Å². The van der Waals surface area contributed by atoms with Gasteiger partial charge in [-0.1, -0.05) is 29.8 Å². The lowest BCUT2D eigenvalue weighted by Gasteiger charge is -2.14. The zero-order valence-electron chi connectivity index (χ0n) is 12.1. The van der Waals surface area contributed by atoms with E-state index in [1.807, 2.05) is 6.07 Å². The lowest BCUT2D eigenvalue weighted by Crippen LogP contribution is -2.38. The normalized spacial score (nSPS) is 11.9. The van der Waals surface area contributed by atoms with E-state index in [1.165, 1.54) is 0 Å². The van der Waals surface area contributed by atoms with E-state index in [2.05, 4.69) is 28.8 Å². The maximum Gasteiger partial charge on any atom is 0.249 e. The first-order chi connectivity index (χ1) is 10.6. The number of aliphatic imine (C=N–C) groups is 1. The molecule has 0 spiro atoms. The molecule has 0 bridgehead atoms. The maximum atomic E-state index is 12.3. The van der Waals surface area contributed by atoms with Crippen molar-refractivity contribution in [1.29, 1.82) is 5.26 Å². The highest BCUT2D eigenvalue weighted by Gasteiger charge is 2.24. The second-order valence-corrected chi connectivity index (χ2v) is 4.68. The van der Waals surface area contributed by atoms with Crippen molar-refractivity contribution in [2.75, 3.05) is 18.4 Å². The predicted molar refractivity (Wildman–Crippen MR) is 89.9 cm³/mol. The average Bonchev–Trinajstić information content (AvgIpc) is 2.50. The summed E-state index contributed by atoms with van der Waals surface area (Å²) < 4.78 is 0. The molecule has 0 aliphatic carbocycles. The van der Waals surface area contributed by atoms with Crippen LogP contribution in [0.1, 0.15) is 0 Å². The van der Waals surface area contributed by atoms with Gasteiger partial charge in [-0.3, -0.25) is 9.79 Å². The van der Waals surface area contributed by atoms with Gasteiger partial charge in [-0.05, 0) is 18.2 Å². The zero-order chi connectivity index (χ0) is 16.4. The zero-order valence-corrected chi connectivity index (χ0v) is 12.8. The van der Waals surface area contributed by atoms with Crippen LogP contribution in [0.25, 0.3) is 0 Å². The number of rotatable bonds is 7. The smallest absolute Gasteiger partial charge is 0.249 e. The van der Waals surface area contributed by atoms with Crippen LogP contribution in [0.15, 0.2) is 54.6 Å². The number of anilines is 1. The number of carbonyl (C=O) groups excluding carboxylic acids is 1. The molecule has 6 heteroatoms. The van der Waals surface area contributed by atoms with Crippen molar-refractivity contribution >= 4 is 29.0 Å². The number of hydrogen-bond acceptors (Lipinski definition) is 3. The molecule has 1 amide bonds. The average molecular weight is 317 g/mol. The van der Waals surface area contributed by atoms with E-state index in [9.17, 15) is 10.1 Å². The third-order valence-corrected chi connectivity index (χ3v) is 2.81. The summed E-state index contributed by atoms with van der Waals surface area (Å²) in [5.41, 5.74) is 0.518. The quantitative estimate of drug-likeness (QED) is 0.461. The second-order valence-electron chi connectivity index (χ2n) is 4.25. The molecule has 0 saturated carbocycles. The number of amides is 1. The molecule has 114 valence electrons. The van der Waals surface area contributed by atoms with Gasteiger partial charge in [-0.15, -0.1) is 13.2 Å². The number of halogens is 1. The van der Waals surface area contributed by atoms with Gasteiger partial charge in [0.1, 0.15) is 5.84 Å². The Bertz CT molecular complexity index is 619. The first-order valence-electron chi connectivity index (χ1n) is 6.58. The van der Waals surface area contributed by atoms with Crippen molar-refractivity contribution in [3.63, 3.8) is 0 Å². The molecule has 0 heterocycles. The molecule has 1 unspecified atom stereocenters. The Labute approximate surface area is 135 Å². The maximum absolute atomic E-state index is 12.3. The van der Waals surface area contributed by atoms with Gasteiger partial charge in [0.15, 0.2) is 5.92 Å². The van der Waals surface area contributed by atoms with Crippen LogP contribution in [0.4, 0.5) is 5.69 Å². The van der Waals surface area contributed by atoms with Crippen LogP contribution < -0.4 is 10.6 Å². The number of nitrogens with zero attached hydrogens (tertiary/aromatic N) is 2. The van der Waals surface area contributed by atoms with Crippen LogP contribution >= 0.6 is 11.6 Å². The van der Waals surface area contributed by atoms with E-state index in [4.69, 9.17) is 11.6 Å². The molecule has 1 rings (SSSR count). The van der Waals surface area contributed by atoms with Crippen LogP contribution in [-0.2, 0) is 4.79 Å². The Morgan fingerprint density at radius 2 is 2.23 bits per heavy atom. The molecule has 1 aromatic carbocycles. The largest absolute Gasteiger partial charge is 0.369 e. The fourth-order valence-electron chi connectivity index (χ4n) is 1.61. The number of carbonyl (C=O) groups is 1. The molecule has 0 radical (unpaired) electrons. The summed E-state index contributed by atoms with van der Waals surface area (Å²) >= 11 is 5.87. The summed E-state index contributed by atoms with van der Waals surface area (Å²) in [7, 11) is 0. The van der Waals surface area contributed by atoms with Gasteiger partial charge in [0.2, 0.25) is 5.91 Å². The molecule has 0 aromatic heterocycles. The minimum atomic E-state index is -1.06. The fourth-order valence-corrected chi connectivity index (χ4v) is 1.80. The van der Waals surface area contributed by atoms with E-state index >= 15 is 0 Å². The third kappa shape index (κ3) is 5.43. The minimum absolute atomic E-state index is 0.279. The number of amidine groups is 1. The van der Waals surface area contributed by atoms with Crippen molar-refractivity contribution in [1.82, 2.24) is 5.32 Å². The molecule has 0 aliphatic rings. The van der Waals surface area contributed by atoms with E-state index in [-0.39, 0.29) is 5.84 Å². The molecular weight excluding hydrogens is 300 g/mol. The SMILES string of the molecule is C=CCN=C(NCC=C)C(C#N)C(=O)Nc1cccc(Cl)c1. The molecule has 1 aromatic rings. The van der Waals surface area contributed by atoms with Crippen LogP contribution in [0.5, 0.6) is 0 Å². The van der Waals surface area contributed by atoms with Gasteiger partial charge < -0.3 is 10.6 Å². The molecule has 0 aliphatic heterocycles. The molecule has 0 fully saturated rings. The summed E-state index contributed by atoms with van der Waals surface area (Å²) in [4.78, 5) is 16.4. The predicted octanol–water partition coefficient (Wildman–Crippen LogP) is 2.78. The summed E-state index contributed by atoms with van der Waals surface area (Å²) in [6, 6.07) is 8.65. The van der Waals surface area contributed by atoms with Gasteiger partial charge in [-0.2, -0.15) is 5.26 Å². The van der Waals surface area contributed by atoms with Crippen LogP contribution in [0.2, 0.25) is 5.02 Å². The lowest BCUT2D eigenvalue weighted by molar-refractivity contribution is -0.116. The summed E-state index contributed by atoms with van der Waals surface area (Å²) in [6.45, 7) is 7.86. The van der Waals surface area contributed by atoms with Crippen molar-refractivity contribution in [2.24, 2.45) is 10.9 Å². The first-order valence-corrected chi connectivity index (χ1v) is 6.96. The summed E-state index contributed by atoms with van der Waals surface area (Å²) in [5, 5.41) is 15.3. The van der Waals surface area contributed by atoms with E-state index in [1.54, 1.807) is 36.4 Å². The Hall–Kier alpha value is -2.58. The Kier molecular flexibility index (Phi) is 7.44. The molecule has 22 heavy (non-hydrogen) atoms. The second kappa shape index (κ2) is 9.37. The van der Waals surface area contributed by atoms with E-state index in [0.29, 0.717) is 23.8 Å². The highest BCUT2D eigenvalue weighted by Crippen LogP contribution is 2.15. The van der Waals surface area contributed by atoms with Gasteiger partial charge in [0.05, 0.1) is 12.6 Å². The van der Waals surface area contributed by atoms with Gasteiger partial charge in [0.25, 0.3) is 0 Å². The number of nitrogens with one attached hydrogen (secondary N) is 2. The Balaban J connectivity index is 2.90. The Morgan fingerprint density at radius 3 is 2.82 bits per heavy atom. The van der Waals surface area contributed by atoms with Gasteiger partial charge >= 0.3 is 0 Å². The number of benzene rings is 1. The standard InChI is InChI=1S/C16H17ClN4O/c1-3-8-19-15(20-9-4-2)14(11-18)16(22)21-13-7-5-6-12(17)10-13/h3-7,10,14H,1-2,8-9H2,(H,19,20)(H,21,22). The van der Waals surface area contributed by atoms with Crippen molar-refractivity contribution in [3.8, 4) is 6.07 Å². The van der Waals surface area contributed by atoms with Gasteiger partial charge in [0, 0.05) is 17.3 Å². The van der Waals surface area contributed by atoms with E-state index in [0.717, 1.165) is 0 Å². The van der Waals surface area contributed by atoms with Gasteiger partial charge in [-0.25, -0.2) is 0 Å². The van der Waals surface area contributed by atoms with Crippen molar-refractivity contribution < 1.29 is 4.79 Å². The lowest BCUT2D eigenvalue weighted by atomic mass is 10.1. The van der Waals surface area contributed by atoms with Crippen LogP contribution in [0.3, 0.4) is 0 Å². The van der Waals surface area contributed by atoms with Crippen LogP contribution in [0, 0.1) is 17.2 Å². The molecular formula is C16H17ClN4O. The monoisotopic (exact) mass is 316 g/mol. The highest BCUT2D eigenvalue weighted by atomic mass is 35.5.